The molecule has 3 rings (SSSR count). The van der Waals surface area contributed by atoms with E-state index in [1.807, 2.05) is 0 Å². The lowest BCUT2D eigenvalue weighted by atomic mass is 9.93. The van der Waals surface area contributed by atoms with Crippen molar-refractivity contribution in [3.63, 3.8) is 0 Å². The van der Waals surface area contributed by atoms with E-state index in [2.05, 4.69) is 11.3 Å². The summed E-state index contributed by atoms with van der Waals surface area (Å²) in [6.07, 6.45) is 1.88. The molecule has 0 saturated heterocycles. The number of nitrogens with one attached hydrogen (secondary N) is 1. The van der Waals surface area contributed by atoms with Crippen LogP contribution in [0.1, 0.15) is 34.5 Å². The molecule has 1 unspecified atom stereocenters. The predicted molar refractivity (Wildman–Crippen MR) is 101 cm³/mol. The third kappa shape index (κ3) is 3.83. The molecule has 1 amide bonds. The number of hydrogen-bond donors (Lipinski definition) is 1. The molecule has 0 saturated carbocycles. The molecule has 8 heteroatoms. The molecule has 1 aliphatic rings. The SMILES string of the molecule is C=CCNS(=O)(=O)c1cc(C(=O)N2CCc3ccc(F)cc3C2C)ccc1F. The molecule has 0 aliphatic carbocycles. The van der Waals surface area contributed by atoms with E-state index in [-0.39, 0.29) is 17.9 Å². The van der Waals surface area contributed by atoms with Crippen LogP contribution in [0.5, 0.6) is 0 Å². The van der Waals surface area contributed by atoms with Gasteiger partial charge in [0.1, 0.15) is 16.5 Å². The largest absolute Gasteiger partial charge is 0.332 e. The predicted octanol–water partition coefficient (Wildman–Crippen LogP) is 3.19. The molecule has 148 valence electrons. The number of fused-ring (bicyclic) bond motifs is 1. The minimum absolute atomic E-state index is 0.0482. The van der Waals surface area contributed by atoms with Crippen molar-refractivity contribution in [2.24, 2.45) is 0 Å². The van der Waals surface area contributed by atoms with E-state index in [0.29, 0.717) is 18.5 Å². The Bertz CT molecular complexity index is 1040. The Kier molecular flexibility index (Phi) is 5.62. The molecule has 0 aromatic heterocycles. The first-order chi connectivity index (χ1) is 13.2. The Labute approximate surface area is 162 Å². The van der Waals surface area contributed by atoms with Gasteiger partial charge in [0.25, 0.3) is 5.91 Å². The van der Waals surface area contributed by atoms with Gasteiger partial charge in [0.2, 0.25) is 10.0 Å². The standard InChI is InChI=1S/C20H20F2N2O3S/c1-3-9-23-28(26,27)19-11-15(5-7-18(19)22)20(25)24-10-8-14-4-6-16(21)12-17(14)13(24)2/h3-7,11-13,23H,1,8-10H2,2H3. The zero-order valence-electron chi connectivity index (χ0n) is 15.3. The van der Waals surface area contributed by atoms with Crippen LogP contribution in [0.4, 0.5) is 8.78 Å². The van der Waals surface area contributed by atoms with Crippen molar-refractivity contribution in [1.82, 2.24) is 9.62 Å². The maximum atomic E-state index is 14.1. The quantitative estimate of drug-likeness (QED) is 0.776. The lowest BCUT2D eigenvalue weighted by molar-refractivity contribution is 0.0677. The van der Waals surface area contributed by atoms with Crippen molar-refractivity contribution in [2.45, 2.75) is 24.3 Å². The second-order valence-corrected chi connectivity index (χ2v) is 8.29. The number of carbonyl (C=O) groups is 1. The Morgan fingerprint density at radius 1 is 1.29 bits per heavy atom. The highest BCUT2D eigenvalue weighted by Gasteiger charge is 2.30. The van der Waals surface area contributed by atoms with Gasteiger partial charge in [-0.3, -0.25) is 4.79 Å². The lowest BCUT2D eigenvalue weighted by Gasteiger charge is -2.35. The van der Waals surface area contributed by atoms with Crippen molar-refractivity contribution in [3.05, 3.63) is 77.4 Å². The molecule has 1 N–H and O–H groups in total. The van der Waals surface area contributed by atoms with Crippen LogP contribution in [-0.2, 0) is 16.4 Å². The van der Waals surface area contributed by atoms with Gasteiger partial charge in [-0.2, -0.15) is 0 Å². The van der Waals surface area contributed by atoms with E-state index in [0.717, 1.165) is 17.7 Å². The number of carbonyl (C=O) groups excluding carboxylic acids is 1. The number of rotatable bonds is 5. The van der Waals surface area contributed by atoms with Gasteiger partial charge in [-0.25, -0.2) is 21.9 Å². The first-order valence-corrected chi connectivity index (χ1v) is 10.2. The van der Waals surface area contributed by atoms with Crippen molar-refractivity contribution in [2.75, 3.05) is 13.1 Å². The fourth-order valence-electron chi connectivity index (χ4n) is 3.32. The van der Waals surface area contributed by atoms with Crippen molar-refractivity contribution in [1.29, 1.82) is 0 Å². The van der Waals surface area contributed by atoms with E-state index in [4.69, 9.17) is 0 Å². The fourth-order valence-corrected chi connectivity index (χ4v) is 4.42. The first kappa shape index (κ1) is 20.2. The molecular formula is C20H20F2N2O3S. The Hall–Kier alpha value is -2.58. The molecule has 28 heavy (non-hydrogen) atoms. The van der Waals surface area contributed by atoms with Gasteiger partial charge in [0, 0.05) is 18.7 Å². The molecule has 0 spiro atoms. The van der Waals surface area contributed by atoms with Crippen LogP contribution >= 0.6 is 0 Å². The van der Waals surface area contributed by atoms with Crippen LogP contribution < -0.4 is 4.72 Å². The summed E-state index contributed by atoms with van der Waals surface area (Å²) in [5.41, 5.74) is 1.73. The maximum absolute atomic E-state index is 14.1. The highest BCUT2D eigenvalue weighted by Crippen LogP contribution is 2.31. The van der Waals surface area contributed by atoms with Crippen LogP contribution in [-0.4, -0.2) is 32.3 Å². The minimum atomic E-state index is -4.12. The number of hydrogen-bond acceptors (Lipinski definition) is 3. The molecule has 1 atom stereocenters. The van der Waals surface area contributed by atoms with Gasteiger partial charge in [0.05, 0.1) is 6.04 Å². The lowest BCUT2D eigenvalue weighted by Crippen LogP contribution is -2.39. The summed E-state index contributed by atoms with van der Waals surface area (Å²) < 4.78 is 54.4. The van der Waals surface area contributed by atoms with Crippen LogP contribution in [0.2, 0.25) is 0 Å². The van der Waals surface area contributed by atoms with Crippen molar-refractivity contribution >= 4 is 15.9 Å². The number of benzene rings is 2. The number of amides is 1. The third-order valence-electron chi connectivity index (χ3n) is 4.79. The van der Waals surface area contributed by atoms with E-state index >= 15 is 0 Å². The summed E-state index contributed by atoms with van der Waals surface area (Å²) in [7, 11) is -4.12. The van der Waals surface area contributed by atoms with E-state index in [1.54, 1.807) is 13.0 Å². The maximum Gasteiger partial charge on any atom is 0.254 e. The number of sulfonamides is 1. The molecule has 1 aliphatic heterocycles. The average molecular weight is 406 g/mol. The van der Waals surface area contributed by atoms with Crippen LogP contribution in [0, 0.1) is 11.6 Å². The van der Waals surface area contributed by atoms with Gasteiger partial charge >= 0.3 is 0 Å². The zero-order chi connectivity index (χ0) is 20.5. The molecule has 2 aromatic rings. The molecule has 0 fully saturated rings. The Morgan fingerprint density at radius 3 is 2.75 bits per heavy atom. The summed E-state index contributed by atoms with van der Waals surface area (Å²) in [4.78, 5) is 13.9. The van der Waals surface area contributed by atoms with Gasteiger partial charge in [0.15, 0.2) is 0 Å². The monoisotopic (exact) mass is 406 g/mol. The molecule has 0 radical (unpaired) electrons. The number of halogens is 2. The van der Waals surface area contributed by atoms with Gasteiger partial charge < -0.3 is 4.90 Å². The molecule has 2 aromatic carbocycles. The summed E-state index contributed by atoms with van der Waals surface area (Å²) >= 11 is 0. The number of nitrogens with zero attached hydrogens (tertiary/aromatic N) is 1. The molecule has 1 heterocycles. The smallest absolute Gasteiger partial charge is 0.254 e. The Balaban J connectivity index is 1.93. The zero-order valence-corrected chi connectivity index (χ0v) is 16.1. The Morgan fingerprint density at radius 2 is 2.04 bits per heavy atom. The van der Waals surface area contributed by atoms with E-state index in [9.17, 15) is 22.0 Å². The summed E-state index contributed by atoms with van der Waals surface area (Å²) in [5.74, 6) is -1.78. The van der Waals surface area contributed by atoms with Crippen molar-refractivity contribution < 1.29 is 22.0 Å². The second-order valence-electron chi connectivity index (χ2n) is 6.55. The van der Waals surface area contributed by atoms with Gasteiger partial charge in [-0.1, -0.05) is 12.1 Å². The molecule has 5 nitrogen and oxygen atoms in total. The van der Waals surface area contributed by atoms with E-state index < -0.39 is 32.7 Å². The normalized spacial score (nSPS) is 16.5. The summed E-state index contributed by atoms with van der Waals surface area (Å²) in [6, 6.07) is 7.33. The van der Waals surface area contributed by atoms with Gasteiger partial charge in [-0.15, -0.1) is 6.58 Å². The van der Waals surface area contributed by atoms with Crippen LogP contribution in [0.15, 0.2) is 53.9 Å². The topological polar surface area (TPSA) is 66.5 Å². The highest BCUT2D eigenvalue weighted by molar-refractivity contribution is 7.89. The third-order valence-corrected chi connectivity index (χ3v) is 6.23. The first-order valence-electron chi connectivity index (χ1n) is 8.74. The van der Waals surface area contributed by atoms with Crippen LogP contribution in [0.25, 0.3) is 0 Å². The summed E-state index contributed by atoms with van der Waals surface area (Å²) in [5, 5.41) is 0. The second kappa shape index (κ2) is 7.81. The molecular weight excluding hydrogens is 386 g/mol. The van der Waals surface area contributed by atoms with Gasteiger partial charge in [-0.05, 0) is 54.8 Å². The van der Waals surface area contributed by atoms with E-state index in [1.165, 1.54) is 29.2 Å². The summed E-state index contributed by atoms with van der Waals surface area (Å²) in [6.45, 7) is 5.52. The molecule has 0 bridgehead atoms. The van der Waals surface area contributed by atoms with Crippen molar-refractivity contribution in [3.8, 4) is 0 Å². The minimum Gasteiger partial charge on any atom is -0.332 e. The fraction of sp³-hybridized carbons (Fsp3) is 0.250. The average Bonchev–Trinajstić information content (AvgIpc) is 2.67. The van der Waals surface area contributed by atoms with Crippen LogP contribution in [0.3, 0.4) is 0 Å². The highest BCUT2D eigenvalue weighted by atomic mass is 32.2.